The van der Waals surface area contributed by atoms with E-state index in [1.807, 2.05) is 6.07 Å². The van der Waals surface area contributed by atoms with E-state index >= 15 is 0 Å². The van der Waals surface area contributed by atoms with Crippen LogP contribution in [0.1, 0.15) is 76.4 Å². The summed E-state index contributed by atoms with van der Waals surface area (Å²) in [4.78, 5) is 13.8. The summed E-state index contributed by atoms with van der Waals surface area (Å²) in [5.41, 5.74) is 5.44. The molecule has 4 nitrogen and oxygen atoms in total. The number of carbonyl (C=O) groups excluding carboxylic acids is 1. The number of carbonyl (C=O) groups is 1. The van der Waals surface area contributed by atoms with E-state index in [1.54, 1.807) is 0 Å². The Labute approximate surface area is 186 Å². The molecule has 5 rings (SSSR count). The van der Waals surface area contributed by atoms with Crippen LogP contribution in [-0.2, 0) is 11.2 Å². The Bertz CT molecular complexity index is 1060. The minimum Gasteiger partial charge on any atom is -0.348 e. The zero-order valence-electron chi connectivity index (χ0n) is 19.6. The zero-order chi connectivity index (χ0) is 22.2. The van der Waals surface area contributed by atoms with E-state index in [0.29, 0.717) is 5.92 Å². The molecular formula is C27H35N3O. The van der Waals surface area contributed by atoms with Crippen molar-refractivity contribution in [3.63, 3.8) is 0 Å². The Morgan fingerprint density at radius 3 is 2.52 bits per heavy atom. The molecule has 1 aromatic carbocycles. The van der Waals surface area contributed by atoms with Gasteiger partial charge >= 0.3 is 0 Å². The molecule has 2 bridgehead atoms. The van der Waals surface area contributed by atoms with Gasteiger partial charge in [0.25, 0.3) is 0 Å². The van der Waals surface area contributed by atoms with E-state index < -0.39 is 0 Å². The average molecular weight is 418 g/mol. The molecular weight excluding hydrogens is 382 g/mol. The van der Waals surface area contributed by atoms with Gasteiger partial charge in [-0.15, -0.1) is 0 Å². The third kappa shape index (κ3) is 2.94. The summed E-state index contributed by atoms with van der Waals surface area (Å²) >= 11 is 0. The molecule has 0 aliphatic heterocycles. The van der Waals surface area contributed by atoms with Gasteiger partial charge in [-0.3, -0.25) is 4.79 Å². The molecule has 2 fully saturated rings. The van der Waals surface area contributed by atoms with Crippen molar-refractivity contribution in [2.75, 3.05) is 0 Å². The first-order valence-corrected chi connectivity index (χ1v) is 11.7. The Kier molecular flexibility index (Phi) is 4.35. The van der Waals surface area contributed by atoms with Crippen LogP contribution in [0.25, 0.3) is 5.69 Å². The fourth-order valence-corrected chi connectivity index (χ4v) is 6.73. The molecule has 1 heterocycles. The normalized spacial score (nSPS) is 30.3. The maximum absolute atomic E-state index is 13.8. The maximum atomic E-state index is 13.8. The van der Waals surface area contributed by atoms with E-state index in [2.05, 4.69) is 75.5 Å². The lowest BCUT2D eigenvalue weighted by Crippen LogP contribution is -2.45. The van der Waals surface area contributed by atoms with E-state index in [0.717, 1.165) is 49.1 Å². The first-order chi connectivity index (χ1) is 14.6. The molecule has 3 aliphatic rings. The van der Waals surface area contributed by atoms with Crippen molar-refractivity contribution in [1.82, 2.24) is 15.1 Å². The van der Waals surface area contributed by atoms with Gasteiger partial charge < -0.3 is 5.32 Å². The SMILES string of the molecule is C=C1C2(C(=O)NC3CC(C)(C)Cc4c3c(C)nn4-c3ccccc3)CCC(C2)C1(C)C. The van der Waals surface area contributed by atoms with Crippen LogP contribution in [0.5, 0.6) is 0 Å². The lowest BCUT2D eigenvalue weighted by molar-refractivity contribution is -0.129. The molecule has 164 valence electrons. The number of hydrogen-bond acceptors (Lipinski definition) is 2. The van der Waals surface area contributed by atoms with Crippen LogP contribution in [0.3, 0.4) is 0 Å². The Hall–Kier alpha value is -2.36. The van der Waals surface area contributed by atoms with Crippen LogP contribution in [0.15, 0.2) is 42.5 Å². The van der Waals surface area contributed by atoms with Crippen LogP contribution in [0, 0.1) is 29.1 Å². The summed E-state index contributed by atoms with van der Waals surface area (Å²) < 4.78 is 2.09. The second kappa shape index (κ2) is 6.57. The highest BCUT2D eigenvalue weighted by atomic mass is 16.2. The first-order valence-electron chi connectivity index (χ1n) is 11.7. The number of hydrogen-bond donors (Lipinski definition) is 1. The van der Waals surface area contributed by atoms with Crippen LogP contribution >= 0.6 is 0 Å². The predicted molar refractivity (Wildman–Crippen MR) is 124 cm³/mol. The van der Waals surface area contributed by atoms with Crippen LogP contribution in [0.2, 0.25) is 0 Å². The van der Waals surface area contributed by atoms with Crippen molar-refractivity contribution in [3.05, 3.63) is 59.4 Å². The number of aryl methyl sites for hydroxylation is 1. The summed E-state index contributed by atoms with van der Waals surface area (Å²) in [6.45, 7) is 15.6. The quantitative estimate of drug-likeness (QED) is 0.652. The number of aromatic nitrogens is 2. The monoisotopic (exact) mass is 417 g/mol. The molecule has 3 atom stereocenters. The van der Waals surface area contributed by atoms with Crippen molar-refractivity contribution in [2.24, 2.45) is 22.2 Å². The van der Waals surface area contributed by atoms with E-state index in [-0.39, 0.29) is 28.2 Å². The number of fused-ring (bicyclic) bond motifs is 3. The molecule has 2 aromatic rings. The van der Waals surface area contributed by atoms with Gasteiger partial charge in [-0.2, -0.15) is 5.10 Å². The molecule has 3 unspecified atom stereocenters. The molecule has 1 N–H and O–H groups in total. The molecule has 1 amide bonds. The average Bonchev–Trinajstić information content (AvgIpc) is 3.34. The predicted octanol–water partition coefficient (Wildman–Crippen LogP) is 5.69. The van der Waals surface area contributed by atoms with Gasteiger partial charge in [-0.1, -0.05) is 58.0 Å². The number of amides is 1. The van der Waals surface area contributed by atoms with Gasteiger partial charge in [0.1, 0.15) is 0 Å². The molecule has 0 spiro atoms. The lowest BCUT2D eigenvalue weighted by atomic mass is 9.67. The molecule has 4 heteroatoms. The van der Waals surface area contributed by atoms with Crippen molar-refractivity contribution in [2.45, 2.75) is 72.8 Å². The number of rotatable bonds is 3. The minimum atomic E-state index is -0.390. The molecule has 1 aromatic heterocycles. The van der Waals surface area contributed by atoms with Crippen molar-refractivity contribution in [3.8, 4) is 5.69 Å². The summed E-state index contributed by atoms with van der Waals surface area (Å²) in [7, 11) is 0. The van der Waals surface area contributed by atoms with Crippen LogP contribution in [-0.4, -0.2) is 15.7 Å². The largest absolute Gasteiger partial charge is 0.348 e. The Morgan fingerprint density at radius 2 is 1.87 bits per heavy atom. The van der Waals surface area contributed by atoms with Crippen LogP contribution in [0.4, 0.5) is 0 Å². The fourth-order valence-electron chi connectivity index (χ4n) is 6.73. The molecule has 2 saturated carbocycles. The summed E-state index contributed by atoms with van der Waals surface area (Å²) in [5, 5.41) is 8.43. The van der Waals surface area contributed by atoms with Gasteiger partial charge in [0, 0.05) is 5.56 Å². The van der Waals surface area contributed by atoms with Gasteiger partial charge in [-0.25, -0.2) is 4.68 Å². The van der Waals surface area contributed by atoms with Crippen molar-refractivity contribution < 1.29 is 4.79 Å². The fraction of sp³-hybridized carbons (Fsp3) is 0.556. The van der Waals surface area contributed by atoms with Crippen molar-refractivity contribution in [1.29, 1.82) is 0 Å². The van der Waals surface area contributed by atoms with Gasteiger partial charge in [0.15, 0.2) is 0 Å². The number of nitrogens with zero attached hydrogens (tertiary/aromatic N) is 2. The summed E-state index contributed by atoms with van der Waals surface area (Å²) in [6, 6.07) is 10.3. The second-order valence-corrected chi connectivity index (χ2v) is 11.5. The third-order valence-corrected chi connectivity index (χ3v) is 8.59. The number of benzene rings is 1. The van der Waals surface area contributed by atoms with E-state index in [4.69, 9.17) is 5.10 Å². The molecule has 0 radical (unpaired) electrons. The highest BCUT2D eigenvalue weighted by Crippen LogP contribution is 2.65. The number of para-hydroxylation sites is 1. The second-order valence-electron chi connectivity index (χ2n) is 11.5. The van der Waals surface area contributed by atoms with Gasteiger partial charge in [0.05, 0.1) is 28.5 Å². The number of nitrogens with one attached hydrogen (secondary N) is 1. The van der Waals surface area contributed by atoms with E-state index in [1.165, 1.54) is 11.3 Å². The first kappa shape index (κ1) is 20.5. The smallest absolute Gasteiger partial charge is 0.230 e. The summed E-state index contributed by atoms with van der Waals surface area (Å²) in [6.07, 6.45) is 4.92. The van der Waals surface area contributed by atoms with Crippen molar-refractivity contribution >= 4 is 5.91 Å². The van der Waals surface area contributed by atoms with Gasteiger partial charge in [0.2, 0.25) is 5.91 Å². The highest BCUT2D eigenvalue weighted by Gasteiger charge is 2.61. The zero-order valence-corrected chi connectivity index (χ0v) is 19.6. The highest BCUT2D eigenvalue weighted by molar-refractivity contribution is 5.88. The molecule has 0 saturated heterocycles. The maximum Gasteiger partial charge on any atom is 0.230 e. The van der Waals surface area contributed by atoms with E-state index in [9.17, 15) is 4.79 Å². The standard InChI is InChI=1S/C27H35N3O/c1-17-23-21(28-24(31)27-13-12-19(14-27)26(5,6)18(27)2)15-25(3,4)16-22(23)30(29-17)20-10-8-7-9-11-20/h7-11,19,21H,2,12-16H2,1,3-6H3,(H,28,31). The topological polar surface area (TPSA) is 46.9 Å². The lowest BCUT2D eigenvalue weighted by Gasteiger charge is -2.40. The molecule has 31 heavy (non-hydrogen) atoms. The molecule has 3 aliphatic carbocycles. The van der Waals surface area contributed by atoms with Gasteiger partial charge in [-0.05, 0) is 67.9 Å². The Balaban J connectivity index is 1.51. The van der Waals surface area contributed by atoms with Crippen LogP contribution < -0.4 is 5.32 Å². The Morgan fingerprint density at radius 1 is 1.16 bits per heavy atom. The summed E-state index contributed by atoms with van der Waals surface area (Å²) in [5.74, 6) is 0.762. The minimum absolute atomic E-state index is 0.00588. The third-order valence-electron chi connectivity index (χ3n) is 8.59.